The quantitative estimate of drug-likeness (QED) is 0.854. The summed E-state index contributed by atoms with van der Waals surface area (Å²) in [5.41, 5.74) is 7.14. The largest absolute Gasteiger partial charge is 0.366 e. The normalized spacial score (nSPS) is 10.2. The molecule has 98 valence electrons. The Hall–Kier alpha value is -2.63. The van der Waals surface area contributed by atoms with Crippen LogP contribution in [0.25, 0.3) is 0 Å². The van der Waals surface area contributed by atoms with Crippen LogP contribution in [0.2, 0.25) is 0 Å². The molecule has 0 unspecified atom stereocenters. The molecule has 0 atom stereocenters. The van der Waals surface area contributed by atoms with Crippen LogP contribution in [0.5, 0.6) is 0 Å². The van der Waals surface area contributed by atoms with Crippen molar-refractivity contribution in [1.82, 2.24) is 9.78 Å². The van der Waals surface area contributed by atoms with E-state index >= 15 is 0 Å². The van der Waals surface area contributed by atoms with E-state index in [4.69, 9.17) is 5.73 Å². The fourth-order valence-corrected chi connectivity index (χ4v) is 1.62. The molecule has 2 rings (SSSR count). The third-order valence-electron chi connectivity index (χ3n) is 2.52. The number of nitrogens with zero attached hydrogens (tertiary/aromatic N) is 2. The van der Waals surface area contributed by atoms with Crippen LogP contribution in [0.3, 0.4) is 0 Å². The summed E-state index contributed by atoms with van der Waals surface area (Å²) in [6.07, 6.45) is 3.48. The molecule has 0 aliphatic carbocycles. The number of aromatic nitrogens is 2. The number of benzene rings is 1. The molecule has 0 bridgehead atoms. The van der Waals surface area contributed by atoms with Gasteiger partial charge in [0.25, 0.3) is 0 Å². The molecule has 1 heterocycles. The second-order valence-electron chi connectivity index (χ2n) is 4.21. The first-order valence-corrected chi connectivity index (χ1v) is 5.73. The molecule has 3 N–H and O–H groups in total. The van der Waals surface area contributed by atoms with E-state index < -0.39 is 5.91 Å². The number of anilines is 1. The summed E-state index contributed by atoms with van der Waals surface area (Å²) in [5, 5.41) is 6.74. The van der Waals surface area contributed by atoms with Crippen LogP contribution < -0.4 is 11.1 Å². The standard InChI is InChI=1S/C13H14N4O2/c1-9-6-15-17(7-9)8-12(18)16-11-4-2-10(3-5-11)13(14)19/h2-7H,8H2,1H3,(H2,14,19)(H,16,18). The summed E-state index contributed by atoms with van der Waals surface area (Å²) in [6.45, 7) is 2.05. The Kier molecular flexibility index (Phi) is 3.61. The van der Waals surface area contributed by atoms with Crippen molar-refractivity contribution in [3.63, 3.8) is 0 Å². The number of carbonyl (C=O) groups is 2. The summed E-state index contributed by atoms with van der Waals surface area (Å²) in [6, 6.07) is 6.39. The third kappa shape index (κ3) is 3.41. The highest BCUT2D eigenvalue weighted by molar-refractivity contribution is 5.94. The number of nitrogens with two attached hydrogens (primary N) is 1. The first kappa shape index (κ1) is 12.8. The van der Waals surface area contributed by atoms with Crippen molar-refractivity contribution in [3.8, 4) is 0 Å². The second kappa shape index (κ2) is 5.34. The molecular weight excluding hydrogens is 244 g/mol. The highest BCUT2D eigenvalue weighted by Gasteiger charge is 2.05. The topological polar surface area (TPSA) is 90.0 Å². The lowest BCUT2D eigenvalue weighted by Gasteiger charge is -2.05. The molecule has 6 heteroatoms. The Labute approximate surface area is 110 Å². The highest BCUT2D eigenvalue weighted by atomic mass is 16.2. The van der Waals surface area contributed by atoms with Gasteiger partial charge in [0.1, 0.15) is 6.54 Å². The Morgan fingerprint density at radius 3 is 2.53 bits per heavy atom. The van der Waals surface area contributed by atoms with Gasteiger partial charge >= 0.3 is 0 Å². The SMILES string of the molecule is Cc1cnn(CC(=O)Nc2ccc(C(N)=O)cc2)c1. The number of hydrogen-bond donors (Lipinski definition) is 2. The van der Waals surface area contributed by atoms with Crippen molar-refractivity contribution < 1.29 is 9.59 Å². The Morgan fingerprint density at radius 1 is 1.32 bits per heavy atom. The van der Waals surface area contributed by atoms with E-state index in [1.165, 1.54) is 0 Å². The number of amides is 2. The predicted octanol–water partition coefficient (Wildman–Crippen LogP) is 0.929. The Morgan fingerprint density at radius 2 is 2.00 bits per heavy atom. The number of hydrogen-bond acceptors (Lipinski definition) is 3. The number of aryl methyl sites for hydroxylation is 1. The van der Waals surface area contributed by atoms with Gasteiger partial charge in [-0.3, -0.25) is 14.3 Å². The van der Waals surface area contributed by atoms with Gasteiger partial charge < -0.3 is 11.1 Å². The van der Waals surface area contributed by atoms with Gasteiger partial charge in [-0.05, 0) is 36.8 Å². The minimum atomic E-state index is -0.495. The third-order valence-corrected chi connectivity index (χ3v) is 2.52. The van der Waals surface area contributed by atoms with Crippen LogP contribution in [0, 0.1) is 6.92 Å². The maximum absolute atomic E-state index is 11.7. The number of carbonyl (C=O) groups excluding carboxylic acids is 2. The van der Waals surface area contributed by atoms with Crippen molar-refractivity contribution >= 4 is 17.5 Å². The van der Waals surface area contributed by atoms with E-state index in [1.54, 1.807) is 41.3 Å². The van der Waals surface area contributed by atoms with Crippen LogP contribution in [0.15, 0.2) is 36.7 Å². The van der Waals surface area contributed by atoms with Crippen LogP contribution in [0.1, 0.15) is 15.9 Å². The van der Waals surface area contributed by atoms with Crippen molar-refractivity contribution in [1.29, 1.82) is 0 Å². The first-order chi connectivity index (χ1) is 9.04. The lowest BCUT2D eigenvalue weighted by Crippen LogP contribution is -2.19. The van der Waals surface area contributed by atoms with E-state index in [0.29, 0.717) is 11.3 Å². The fraction of sp³-hybridized carbons (Fsp3) is 0.154. The zero-order chi connectivity index (χ0) is 13.8. The number of primary amides is 1. The first-order valence-electron chi connectivity index (χ1n) is 5.73. The fourth-order valence-electron chi connectivity index (χ4n) is 1.62. The smallest absolute Gasteiger partial charge is 0.248 e. The van der Waals surface area contributed by atoms with Crippen molar-refractivity contribution in [2.45, 2.75) is 13.5 Å². The van der Waals surface area contributed by atoms with Crippen LogP contribution in [-0.4, -0.2) is 21.6 Å². The molecule has 0 aliphatic rings. The lowest BCUT2D eigenvalue weighted by atomic mass is 10.2. The van der Waals surface area contributed by atoms with E-state index in [9.17, 15) is 9.59 Å². The van der Waals surface area contributed by atoms with Gasteiger partial charge in [-0.15, -0.1) is 0 Å². The minimum absolute atomic E-state index is 0.144. The van der Waals surface area contributed by atoms with E-state index in [0.717, 1.165) is 5.56 Å². The molecule has 6 nitrogen and oxygen atoms in total. The summed E-state index contributed by atoms with van der Waals surface area (Å²) < 4.78 is 1.56. The average Bonchev–Trinajstić information content (AvgIpc) is 2.75. The molecule has 0 saturated heterocycles. The van der Waals surface area contributed by atoms with Gasteiger partial charge in [0.05, 0.1) is 6.20 Å². The molecule has 1 aromatic carbocycles. The molecule has 0 fully saturated rings. The van der Waals surface area contributed by atoms with Crippen LogP contribution in [0.4, 0.5) is 5.69 Å². The molecule has 0 aliphatic heterocycles. The predicted molar refractivity (Wildman–Crippen MR) is 70.6 cm³/mol. The Balaban J connectivity index is 1.97. The average molecular weight is 258 g/mol. The summed E-state index contributed by atoms with van der Waals surface area (Å²) in [5.74, 6) is -0.681. The van der Waals surface area contributed by atoms with Gasteiger partial charge in [0.15, 0.2) is 0 Å². The van der Waals surface area contributed by atoms with Gasteiger partial charge in [-0.2, -0.15) is 5.10 Å². The number of nitrogens with one attached hydrogen (secondary N) is 1. The van der Waals surface area contributed by atoms with E-state index in [1.807, 2.05) is 6.92 Å². The van der Waals surface area contributed by atoms with Crippen molar-refractivity contribution in [2.75, 3.05) is 5.32 Å². The van der Waals surface area contributed by atoms with Gasteiger partial charge in [0, 0.05) is 17.4 Å². The molecule has 1 aromatic heterocycles. The highest BCUT2D eigenvalue weighted by Crippen LogP contribution is 2.09. The summed E-state index contributed by atoms with van der Waals surface area (Å²) in [7, 11) is 0. The molecule has 0 spiro atoms. The Bertz CT molecular complexity index is 601. The van der Waals surface area contributed by atoms with Crippen LogP contribution >= 0.6 is 0 Å². The monoisotopic (exact) mass is 258 g/mol. The van der Waals surface area contributed by atoms with Gasteiger partial charge in [0.2, 0.25) is 11.8 Å². The second-order valence-corrected chi connectivity index (χ2v) is 4.21. The molecule has 19 heavy (non-hydrogen) atoms. The summed E-state index contributed by atoms with van der Waals surface area (Å²) in [4.78, 5) is 22.6. The van der Waals surface area contributed by atoms with Gasteiger partial charge in [-0.25, -0.2) is 0 Å². The zero-order valence-electron chi connectivity index (χ0n) is 10.5. The number of rotatable bonds is 4. The van der Waals surface area contributed by atoms with Gasteiger partial charge in [-0.1, -0.05) is 0 Å². The summed E-state index contributed by atoms with van der Waals surface area (Å²) >= 11 is 0. The lowest BCUT2D eigenvalue weighted by molar-refractivity contribution is -0.116. The molecular formula is C13H14N4O2. The maximum atomic E-state index is 11.7. The minimum Gasteiger partial charge on any atom is -0.366 e. The molecule has 0 saturated carbocycles. The van der Waals surface area contributed by atoms with Crippen molar-refractivity contribution in [3.05, 3.63) is 47.8 Å². The van der Waals surface area contributed by atoms with E-state index in [-0.39, 0.29) is 12.5 Å². The van der Waals surface area contributed by atoms with Crippen molar-refractivity contribution in [2.24, 2.45) is 5.73 Å². The molecule has 0 radical (unpaired) electrons. The van der Waals surface area contributed by atoms with E-state index in [2.05, 4.69) is 10.4 Å². The maximum Gasteiger partial charge on any atom is 0.248 e. The molecule has 2 aromatic rings. The zero-order valence-corrected chi connectivity index (χ0v) is 10.5. The van der Waals surface area contributed by atoms with Crippen LogP contribution in [-0.2, 0) is 11.3 Å². The molecule has 2 amide bonds.